The van der Waals surface area contributed by atoms with Crippen LogP contribution in [0, 0.1) is 11.3 Å². The van der Waals surface area contributed by atoms with Crippen LogP contribution in [-0.4, -0.2) is 25.8 Å². The Morgan fingerprint density at radius 1 is 1.03 bits per heavy atom. The van der Waals surface area contributed by atoms with Crippen LogP contribution in [0.4, 0.5) is 0 Å². The Bertz CT molecular complexity index is 921. The number of carbonyl (C=O) groups excluding carboxylic acids is 1. The lowest BCUT2D eigenvalue weighted by Crippen LogP contribution is -2.09. The van der Waals surface area contributed by atoms with E-state index < -0.39 is 5.97 Å². The molecule has 1 aliphatic carbocycles. The standard InChI is InChI=1S/C26H29NO4/c1-2-29-26(28)23(19-27)17-20-7-6-10-25(18-20)31-16-15-30-24-13-11-22(12-14-24)21-8-4-3-5-9-21/h6-7,10-14,17-18,21H,2-5,8-9,15-16H2,1H3. The highest BCUT2D eigenvalue weighted by atomic mass is 16.5. The lowest BCUT2D eigenvalue weighted by atomic mass is 9.84. The van der Waals surface area contributed by atoms with E-state index in [0.29, 0.717) is 30.4 Å². The Hall–Kier alpha value is -3.26. The smallest absolute Gasteiger partial charge is 0.348 e. The molecule has 31 heavy (non-hydrogen) atoms. The Morgan fingerprint density at radius 3 is 2.42 bits per heavy atom. The van der Waals surface area contributed by atoms with Crippen molar-refractivity contribution < 1.29 is 19.0 Å². The molecular weight excluding hydrogens is 390 g/mol. The van der Waals surface area contributed by atoms with E-state index in [1.54, 1.807) is 19.1 Å². The second-order valence-corrected chi connectivity index (χ2v) is 7.56. The normalized spacial score (nSPS) is 14.5. The molecule has 0 bridgehead atoms. The van der Waals surface area contributed by atoms with E-state index in [1.165, 1.54) is 43.7 Å². The van der Waals surface area contributed by atoms with E-state index in [2.05, 4.69) is 12.1 Å². The zero-order chi connectivity index (χ0) is 21.9. The predicted octanol–water partition coefficient (Wildman–Crippen LogP) is 5.66. The van der Waals surface area contributed by atoms with Gasteiger partial charge in [0.25, 0.3) is 0 Å². The van der Waals surface area contributed by atoms with Crippen LogP contribution in [0.25, 0.3) is 6.08 Å². The molecular formula is C26H29NO4. The Kier molecular flexibility index (Phi) is 8.54. The van der Waals surface area contributed by atoms with Gasteiger partial charge < -0.3 is 14.2 Å². The fourth-order valence-electron chi connectivity index (χ4n) is 3.80. The number of benzene rings is 2. The minimum atomic E-state index is -0.626. The van der Waals surface area contributed by atoms with Gasteiger partial charge in [-0.25, -0.2) is 4.79 Å². The number of hydrogen-bond acceptors (Lipinski definition) is 5. The lowest BCUT2D eigenvalue weighted by Gasteiger charge is -2.22. The summed E-state index contributed by atoms with van der Waals surface area (Å²) in [5, 5.41) is 9.16. The molecule has 0 amide bonds. The molecule has 0 atom stereocenters. The Morgan fingerprint density at radius 2 is 1.74 bits per heavy atom. The molecule has 5 nitrogen and oxygen atoms in total. The number of nitriles is 1. The number of hydrogen-bond donors (Lipinski definition) is 0. The van der Waals surface area contributed by atoms with Crippen molar-refractivity contribution in [3.8, 4) is 17.6 Å². The average Bonchev–Trinajstić information content (AvgIpc) is 2.81. The van der Waals surface area contributed by atoms with E-state index >= 15 is 0 Å². The fraction of sp³-hybridized carbons (Fsp3) is 0.385. The summed E-state index contributed by atoms with van der Waals surface area (Å²) in [5.74, 6) is 1.55. The van der Waals surface area contributed by atoms with Gasteiger partial charge in [0.1, 0.15) is 36.4 Å². The van der Waals surface area contributed by atoms with Crippen molar-refractivity contribution >= 4 is 12.0 Å². The van der Waals surface area contributed by atoms with E-state index in [-0.39, 0.29) is 12.2 Å². The number of carbonyl (C=O) groups is 1. The topological polar surface area (TPSA) is 68.6 Å². The van der Waals surface area contributed by atoms with Crippen molar-refractivity contribution in [2.45, 2.75) is 44.9 Å². The van der Waals surface area contributed by atoms with Crippen molar-refractivity contribution in [1.29, 1.82) is 5.26 Å². The molecule has 0 heterocycles. The third-order valence-corrected chi connectivity index (χ3v) is 5.36. The van der Waals surface area contributed by atoms with Gasteiger partial charge >= 0.3 is 5.97 Å². The van der Waals surface area contributed by atoms with Gasteiger partial charge in [0.2, 0.25) is 0 Å². The number of rotatable bonds is 9. The molecule has 0 saturated heterocycles. The summed E-state index contributed by atoms with van der Waals surface area (Å²) in [5.41, 5.74) is 2.06. The van der Waals surface area contributed by atoms with Gasteiger partial charge in [-0.3, -0.25) is 0 Å². The molecule has 3 rings (SSSR count). The average molecular weight is 420 g/mol. The Balaban J connectivity index is 1.48. The summed E-state index contributed by atoms with van der Waals surface area (Å²) >= 11 is 0. The lowest BCUT2D eigenvalue weighted by molar-refractivity contribution is -0.137. The molecule has 5 heteroatoms. The molecule has 2 aromatic rings. The summed E-state index contributed by atoms with van der Waals surface area (Å²) in [6, 6.07) is 17.5. The van der Waals surface area contributed by atoms with Crippen molar-refractivity contribution in [1.82, 2.24) is 0 Å². The maximum Gasteiger partial charge on any atom is 0.348 e. The summed E-state index contributed by atoms with van der Waals surface area (Å²) in [6.45, 7) is 2.74. The summed E-state index contributed by atoms with van der Waals surface area (Å²) in [7, 11) is 0. The van der Waals surface area contributed by atoms with Crippen LogP contribution in [-0.2, 0) is 9.53 Å². The maximum atomic E-state index is 11.8. The molecule has 1 aliphatic rings. The highest BCUT2D eigenvalue weighted by Crippen LogP contribution is 2.33. The molecule has 0 aromatic heterocycles. The number of ether oxygens (including phenoxy) is 3. The third kappa shape index (κ3) is 6.89. The monoisotopic (exact) mass is 419 g/mol. The van der Waals surface area contributed by atoms with E-state index in [0.717, 1.165) is 5.75 Å². The number of nitrogens with zero attached hydrogens (tertiary/aromatic N) is 1. The zero-order valence-electron chi connectivity index (χ0n) is 18.0. The summed E-state index contributed by atoms with van der Waals surface area (Å²) < 4.78 is 16.4. The quantitative estimate of drug-likeness (QED) is 0.227. The first-order chi connectivity index (χ1) is 15.2. The minimum Gasteiger partial charge on any atom is -0.490 e. The van der Waals surface area contributed by atoms with Gasteiger partial charge in [0.15, 0.2) is 0 Å². The highest BCUT2D eigenvalue weighted by molar-refractivity contribution is 5.97. The SMILES string of the molecule is CCOC(=O)C(C#N)=Cc1cccc(OCCOc2ccc(C3CCCCC3)cc2)c1. The molecule has 0 N–H and O–H groups in total. The predicted molar refractivity (Wildman–Crippen MR) is 120 cm³/mol. The zero-order valence-corrected chi connectivity index (χ0v) is 18.0. The van der Waals surface area contributed by atoms with Gasteiger partial charge in [0, 0.05) is 0 Å². The molecule has 0 aliphatic heterocycles. The van der Waals surface area contributed by atoms with Crippen LogP contribution in [0.15, 0.2) is 54.1 Å². The first-order valence-corrected chi connectivity index (χ1v) is 10.9. The van der Waals surface area contributed by atoms with E-state index in [9.17, 15) is 4.79 Å². The maximum absolute atomic E-state index is 11.8. The first-order valence-electron chi connectivity index (χ1n) is 10.9. The highest BCUT2D eigenvalue weighted by Gasteiger charge is 2.15. The fourth-order valence-corrected chi connectivity index (χ4v) is 3.80. The Labute approximate surface area is 184 Å². The van der Waals surface area contributed by atoms with Gasteiger partial charge in [-0.2, -0.15) is 5.26 Å². The van der Waals surface area contributed by atoms with Crippen molar-refractivity contribution in [3.05, 3.63) is 65.2 Å². The van der Waals surface area contributed by atoms with E-state index in [4.69, 9.17) is 19.5 Å². The largest absolute Gasteiger partial charge is 0.490 e. The molecule has 0 unspecified atom stereocenters. The summed E-state index contributed by atoms with van der Waals surface area (Å²) in [4.78, 5) is 11.8. The molecule has 1 fully saturated rings. The van der Waals surface area contributed by atoms with Crippen LogP contribution in [0.5, 0.6) is 11.5 Å². The van der Waals surface area contributed by atoms with Crippen LogP contribution in [0.1, 0.15) is 56.1 Å². The molecule has 2 aromatic carbocycles. The van der Waals surface area contributed by atoms with Crippen molar-refractivity contribution in [2.24, 2.45) is 0 Å². The van der Waals surface area contributed by atoms with Crippen molar-refractivity contribution in [3.63, 3.8) is 0 Å². The van der Waals surface area contributed by atoms with Crippen molar-refractivity contribution in [2.75, 3.05) is 19.8 Å². The molecule has 0 radical (unpaired) electrons. The second-order valence-electron chi connectivity index (χ2n) is 7.56. The van der Waals surface area contributed by atoms with Crippen LogP contribution in [0.2, 0.25) is 0 Å². The van der Waals surface area contributed by atoms with Crippen LogP contribution < -0.4 is 9.47 Å². The molecule has 0 spiro atoms. The van der Waals surface area contributed by atoms with Crippen LogP contribution >= 0.6 is 0 Å². The molecule has 1 saturated carbocycles. The first kappa shape index (κ1) is 22.4. The second kappa shape index (κ2) is 11.8. The van der Waals surface area contributed by atoms with Gasteiger partial charge in [0.05, 0.1) is 6.61 Å². The molecule has 162 valence electrons. The number of esters is 1. The minimum absolute atomic E-state index is 0.0426. The summed E-state index contributed by atoms with van der Waals surface area (Å²) in [6.07, 6.45) is 8.10. The van der Waals surface area contributed by atoms with Gasteiger partial charge in [-0.05, 0) is 67.2 Å². The van der Waals surface area contributed by atoms with Crippen LogP contribution in [0.3, 0.4) is 0 Å². The van der Waals surface area contributed by atoms with Gasteiger partial charge in [-0.1, -0.05) is 43.5 Å². The third-order valence-electron chi connectivity index (χ3n) is 5.36. The van der Waals surface area contributed by atoms with E-state index in [1.807, 2.05) is 30.3 Å². The van der Waals surface area contributed by atoms with Gasteiger partial charge in [-0.15, -0.1) is 0 Å².